The topological polar surface area (TPSA) is 68.9 Å². The van der Waals surface area contributed by atoms with E-state index in [1.807, 2.05) is 32.0 Å². The second kappa shape index (κ2) is 13.7. The Bertz CT molecular complexity index is 473. The van der Waals surface area contributed by atoms with Gasteiger partial charge in [-0.15, -0.1) is 24.0 Å². The van der Waals surface area contributed by atoms with Gasteiger partial charge in [-0.25, -0.2) is 0 Å². The molecule has 3 N–H and O–H groups in total. The average molecular weight is 456 g/mol. The molecule has 0 aliphatic carbocycles. The van der Waals surface area contributed by atoms with Crippen LogP contribution in [-0.2, 0) is 11.2 Å². The molecule has 5 nitrogen and oxygen atoms in total. The van der Waals surface area contributed by atoms with Crippen molar-refractivity contribution in [2.24, 2.45) is 10.7 Å². The van der Waals surface area contributed by atoms with E-state index >= 15 is 0 Å². The summed E-state index contributed by atoms with van der Waals surface area (Å²) < 4.78 is 10.8. The zero-order chi connectivity index (χ0) is 16.2. The van der Waals surface area contributed by atoms with Gasteiger partial charge in [0.05, 0.1) is 6.61 Å². The van der Waals surface area contributed by atoms with E-state index in [0.717, 1.165) is 30.8 Å². The van der Waals surface area contributed by atoms with E-state index in [4.69, 9.17) is 26.8 Å². The minimum Gasteiger partial charge on any atom is -0.494 e. The maximum absolute atomic E-state index is 6.03. The maximum atomic E-state index is 6.03. The summed E-state index contributed by atoms with van der Waals surface area (Å²) in [5.41, 5.74) is 6.88. The largest absolute Gasteiger partial charge is 0.494 e. The monoisotopic (exact) mass is 455 g/mol. The van der Waals surface area contributed by atoms with Crippen LogP contribution in [0.25, 0.3) is 0 Å². The highest BCUT2D eigenvalue weighted by atomic mass is 127. The second-order valence-electron chi connectivity index (χ2n) is 4.68. The Labute approximate surface area is 161 Å². The maximum Gasteiger partial charge on any atom is 0.188 e. The van der Waals surface area contributed by atoms with Gasteiger partial charge in [-0.1, -0.05) is 11.6 Å². The fourth-order valence-electron chi connectivity index (χ4n) is 1.93. The highest BCUT2D eigenvalue weighted by Gasteiger charge is 2.04. The minimum absolute atomic E-state index is 0. The van der Waals surface area contributed by atoms with Crippen LogP contribution in [0.15, 0.2) is 23.2 Å². The molecule has 23 heavy (non-hydrogen) atoms. The molecule has 0 atom stereocenters. The minimum atomic E-state index is 0. The van der Waals surface area contributed by atoms with Crippen LogP contribution in [0.2, 0.25) is 5.02 Å². The van der Waals surface area contributed by atoms with E-state index in [2.05, 4.69) is 10.3 Å². The SMILES string of the molecule is CCOCCCN=C(N)NCCc1cc(Cl)ccc1OCC.I. The Morgan fingerprint density at radius 1 is 1.30 bits per heavy atom. The standard InChI is InChI=1S/C16H26ClN3O2.HI/c1-3-21-11-5-9-19-16(18)20-10-8-13-12-14(17)6-7-15(13)22-4-2;/h6-7,12H,3-5,8-11H2,1-2H3,(H3,18,19,20);1H. The highest BCUT2D eigenvalue weighted by molar-refractivity contribution is 14.0. The molecule has 0 unspecified atom stereocenters. The van der Waals surface area contributed by atoms with Crippen molar-refractivity contribution in [3.8, 4) is 5.75 Å². The Morgan fingerprint density at radius 2 is 2.09 bits per heavy atom. The van der Waals surface area contributed by atoms with Crippen LogP contribution >= 0.6 is 35.6 Å². The van der Waals surface area contributed by atoms with Crippen molar-refractivity contribution in [2.75, 3.05) is 32.9 Å². The molecule has 1 aromatic rings. The van der Waals surface area contributed by atoms with E-state index < -0.39 is 0 Å². The molecule has 0 heterocycles. The molecule has 1 rings (SSSR count). The van der Waals surface area contributed by atoms with Gasteiger partial charge in [0.2, 0.25) is 0 Å². The molecule has 0 aliphatic heterocycles. The summed E-state index contributed by atoms with van der Waals surface area (Å²) in [6, 6.07) is 5.65. The molecule has 0 radical (unpaired) electrons. The number of nitrogens with zero attached hydrogens (tertiary/aromatic N) is 1. The average Bonchev–Trinajstić information content (AvgIpc) is 2.50. The summed E-state index contributed by atoms with van der Waals surface area (Å²) in [5.74, 6) is 1.32. The van der Waals surface area contributed by atoms with Crippen LogP contribution in [0.5, 0.6) is 5.75 Å². The molecule has 7 heteroatoms. The lowest BCUT2D eigenvalue weighted by Gasteiger charge is -2.11. The fourth-order valence-corrected chi connectivity index (χ4v) is 2.13. The second-order valence-corrected chi connectivity index (χ2v) is 5.12. The third-order valence-corrected chi connectivity index (χ3v) is 3.19. The quantitative estimate of drug-likeness (QED) is 0.246. The first-order valence-electron chi connectivity index (χ1n) is 7.70. The van der Waals surface area contributed by atoms with Gasteiger partial charge in [0.1, 0.15) is 5.75 Å². The van der Waals surface area contributed by atoms with Crippen LogP contribution in [0.4, 0.5) is 0 Å². The van der Waals surface area contributed by atoms with Crippen molar-refractivity contribution in [1.29, 1.82) is 0 Å². The highest BCUT2D eigenvalue weighted by Crippen LogP contribution is 2.23. The van der Waals surface area contributed by atoms with Crippen LogP contribution in [-0.4, -0.2) is 38.9 Å². The van der Waals surface area contributed by atoms with Gasteiger partial charge >= 0.3 is 0 Å². The van der Waals surface area contributed by atoms with Crippen molar-refractivity contribution < 1.29 is 9.47 Å². The molecule has 0 saturated carbocycles. The smallest absolute Gasteiger partial charge is 0.188 e. The number of benzene rings is 1. The summed E-state index contributed by atoms with van der Waals surface area (Å²) in [6.07, 6.45) is 1.64. The first kappa shape index (κ1) is 22.3. The molecular formula is C16H27ClIN3O2. The first-order chi connectivity index (χ1) is 10.7. The van der Waals surface area contributed by atoms with Crippen LogP contribution in [0.1, 0.15) is 25.8 Å². The third-order valence-electron chi connectivity index (χ3n) is 2.96. The molecule has 1 aromatic carbocycles. The number of halogens is 2. The van der Waals surface area contributed by atoms with Gasteiger partial charge in [-0.2, -0.15) is 0 Å². The predicted octanol–water partition coefficient (Wildman–Crippen LogP) is 3.23. The molecule has 0 bridgehead atoms. The van der Waals surface area contributed by atoms with Crippen LogP contribution < -0.4 is 15.8 Å². The van der Waals surface area contributed by atoms with Crippen molar-refractivity contribution >= 4 is 41.5 Å². The van der Waals surface area contributed by atoms with E-state index in [1.54, 1.807) is 0 Å². The van der Waals surface area contributed by atoms with Crippen molar-refractivity contribution in [1.82, 2.24) is 5.32 Å². The van der Waals surface area contributed by atoms with Gasteiger partial charge in [0.15, 0.2) is 5.96 Å². The molecule has 0 spiro atoms. The zero-order valence-corrected chi connectivity index (χ0v) is 16.9. The molecule has 0 saturated heterocycles. The molecule has 0 aromatic heterocycles. The lowest BCUT2D eigenvalue weighted by Crippen LogP contribution is -2.33. The van der Waals surface area contributed by atoms with Gasteiger partial charge in [0, 0.05) is 31.3 Å². The molecular weight excluding hydrogens is 429 g/mol. The van der Waals surface area contributed by atoms with Crippen LogP contribution in [0.3, 0.4) is 0 Å². The molecule has 0 amide bonds. The van der Waals surface area contributed by atoms with E-state index in [1.165, 1.54) is 0 Å². The van der Waals surface area contributed by atoms with E-state index in [9.17, 15) is 0 Å². The lowest BCUT2D eigenvalue weighted by atomic mass is 10.1. The van der Waals surface area contributed by atoms with E-state index in [-0.39, 0.29) is 24.0 Å². The third kappa shape index (κ3) is 9.88. The van der Waals surface area contributed by atoms with Crippen molar-refractivity contribution in [2.45, 2.75) is 26.7 Å². The van der Waals surface area contributed by atoms with E-state index in [0.29, 0.717) is 37.3 Å². The summed E-state index contributed by atoms with van der Waals surface area (Å²) >= 11 is 6.03. The normalized spacial score (nSPS) is 11.0. The number of ether oxygens (including phenoxy) is 2. The first-order valence-corrected chi connectivity index (χ1v) is 8.07. The summed E-state index contributed by atoms with van der Waals surface area (Å²) in [7, 11) is 0. The fraction of sp³-hybridized carbons (Fsp3) is 0.562. The summed E-state index contributed by atoms with van der Waals surface area (Å²) in [6.45, 7) is 7.37. The van der Waals surface area contributed by atoms with Gasteiger partial charge in [-0.3, -0.25) is 4.99 Å². The van der Waals surface area contributed by atoms with Gasteiger partial charge in [0.25, 0.3) is 0 Å². The Balaban J connectivity index is 0.00000484. The number of aliphatic imine (C=N–C) groups is 1. The number of nitrogens with one attached hydrogen (secondary N) is 1. The number of hydrogen-bond donors (Lipinski definition) is 2. The van der Waals surface area contributed by atoms with Gasteiger partial charge < -0.3 is 20.5 Å². The lowest BCUT2D eigenvalue weighted by molar-refractivity contribution is 0.146. The summed E-state index contributed by atoms with van der Waals surface area (Å²) in [5, 5.41) is 3.80. The molecule has 132 valence electrons. The molecule has 0 fully saturated rings. The van der Waals surface area contributed by atoms with Crippen molar-refractivity contribution in [3.63, 3.8) is 0 Å². The Hall–Kier alpha value is -0.730. The number of hydrogen-bond acceptors (Lipinski definition) is 3. The van der Waals surface area contributed by atoms with Gasteiger partial charge in [-0.05, 0) is 50.5 Å². The number of rotatable bonds is 10. The summed E-state index contributed by atoms with van der Waals surface area (Å²) in [4.78, 5) is 4.25. The zero-order valence-electron chi connectivity index (χ0n) is 13.8. The predicted molar refractivity (Wildman–Crippen MR) is 107 cm³/mol. The number of guanidine groups is 1. The van der Waals surface area contributed by atoms with Crippen molar-refractivity contribution in [3.05, 3.63) is 28.8 Å². The Kier molecular flexibility index (Phi) is 13.3. The Morgan fingerprint density at radius 3 is 2.78 bits per heavy atom. The van der Waals surface area contributed by atoms with Crippen LogP contribution in [0, 0.1) is 0 Å². The number of nitrogens with two attached hydrogens (primary N) is 1. The molecule has 0 aliphatic rings.